The van der Waals surface area contributed by atoms with E-state index >= 15 is 0 Å². The third-order valence-electron chi connectivity index (χ3n) is 5.44. The van der Waals surface area contributed by atoms with Crippen molar-refractivity contribution in [2.75, 3.05) is 33.0 Å². The summed E-state index contributed by atoms with van der Waals surface area (Å²) in [5.41, 5.74) is 3.05. The molecule has 11 heteroatoms. The van der Waals surface area contributed by atoms with E-state index in [2.05, 4.69) is 15.3 Å². The number of pyridine rings is 2. The number of halogens is 2. The summed E-state index contributed by atoms with van der Waals surface area (Å²) < 4.78 is 35.0. The van der Waals surface area contributed by atoms with Gasteiger partial charge in [0.05, 0.1) is 38.0 Å². The summed E-state index contributed by atoms with van der Waals surface area (Å²) in [6.07, 6.45) is 0.457. The molecule has 34 heavy (non-hydrogen) atoms. The number of aliphatic hydroxyl groups is 1. The van der Waals surface area contributed by atoms with Crippen molar-refractivity contribution in [3.63, 3.8) is 0 Å². The van der Waals surface area contributed by atoms with E-state index in [-0.39, 0.29) is 56.5 Å². The van der Waals surface area contributed by atoms with Gasteiger partial charge in [0.2, 0.25) is 11.8 Å². The number of hydrogen-bond donors (Lipinski definition) is 2. The van der Waals surface area contributed by atoms with E-state index < -0.39 is 13.0 Å². The highest BCUT2D eigenvalue weighted by Gasteiger charge is 2.34. The molecule has 0 aliphatic carbocycles. The molecule has 2 amide bonds. The Morgan fingerprint density at radius 3 is 2.82 bits per heavy atom. The number of ether oxygens (including phenoxy) is 2. The first kappa shape index (κ1) is 25.4. The number of hydrogen-bond acceptors (Lipinski definition) is 7. The second-order valence-electron chi connectivity index (χ2n) is 7.85. The molecule has 3 rings (SSSR count). The van der Waals surface area contributed by atoms with Crippen LogP contribution in [0.4, 0.5) is 8.78 Å². The van der Waals surface area contributed by atoms with Gasteiger partial charge in [-0.2, -0.15) is 0 Å². The number of carbonyl (C=O) groups is 2. The van der Waals surface area contributed by atoms with Crippen molar-refractivity contribution in [2.24, 2.45) is 0 Å². The summed E-state index contributed by atoms with van der Waals surface area (Å²) in [5, 5.41) is 11.4. The fourth-order valence-corrected chi connectivity index (χ4v) is 3.70. The highest BCUT2D eigenvalue weighted by molar-refractivity contribution is 5.99. The van der Waals surface area contributed by atoms with Gasteiger partial charge in [0.15, 0.2) is 6.61 Å². The number of alkyl halides is 2. The molecule has 0 saturated heterocycles. The molecule has 1 unspecified atom stereocenters. The molecule has 0 spiro atoms. The van der Waals surface area contributed by atoms with Gasteiger partial charge in [0.25, 0.3) is 12.3 Å². The average Bonchev–Trinajstić information content (AvgIpc) is 3.15. The maximum atomic E-state index is 13.1. The Hall–Kier alpha value is -3.18. The Morgan fingerprint density at radius 2 is 2.12 bits per heavy atom. The van der Waals surface area contributed by atoms with Gasteiger partial charge < -0.3 is 24.8 Å². The van der Waals surface area contributed by atoms with E-state index in [9.17, 15) is 18.4 Å². The summed E-state index contributed by atoms with van der Waals surface area (Å²) in [4.78, 5) is 35.5. The number of amides is 2. The fourth-order valence-electron chi connectivity index (χ4n) is 3.70. The van der Waals surface area contributed by atoms with Crippen molar-refractivity contribution >= 4 is 11.8 Å². The number of aromatic nitrogens is 2. The summed E-state index contributed by atoms with van der Waals surface area (Å²) in [6.45, 7) is 3.83. The van der Waals surface area contributed by atoms with E-state index in [4.69, 9.17) is 14.6 Å². The minimum atomic E-state index is -2.59. The number of fused-ring (bicyclic) bond motifs is 1. The molecule has 2 aromatic rings. The van der Waals surface area contributed by atoms with Crippen LogP contribution in [-0.2, 0) is 22.5 Å². The van der Waals surface area contributed by atoms with Crippen molar-refractivity contribution in [2.45, 2.75) is 39.3 Å². The van der Waals surface area contributed by atoms with Crippen LogP contribution in [-0.4, -0.2) is 71.2 Å². The summed E-state index contributed by atoms with van der Waals surface area (Å²) in [7, 11) is 0. The number of rotatable bonds is 12. The summed E-state index contributed by atoms with van der Waals surface area (Å²) in [5.74, 6) is -0.294. The van der Waals surface area contributed by atoms with Gasteiger partial charge in [-0.05, 0) is 31.5 Å². The first-order valence-corrected chi connectivity index (χ1v) is 10.9. The van der Waals surface area contributed by atoms with Crippen molar-refractivity contribution in [1.29, 1.82) is 0 Å². The lowest BCUT2D eigenvalue weighted by atomic mass is 10.1. The Morgan fingerprint density at radius 1 is 1.32 bits per heavy atom. The largest absolute Gasteiger partial charge is 0.471 e. The lowest BCUT2D eigenvalue weighted by Gasteiger charge is -2.25. The zero-order valence-corrected chi connectivity index (χ0v) is 19.1. The van der Waals surface area contributed by atoms with Crippen LogP contribution in [0.3, 0.4) is 0 Å². The van der Waals surface area contributed by atoms with Crippen LogP contribution < -0.4 is 10.1 Å². The Labute approximate surface area is 196 Å². The first-order chi connectivity index (χ1) is 16.3. The molecule has 0 radical (unpaired) electrons. The maximum absolute atomic E-state index is 13.1. The lowest BCUT2D eigenvalue weighted by Crippen LogP contribution is -2.29. The quantitative estimate of drug-likeness (QED) is 0.447. The van der Waals surface area contributed by atoms with Crippen LogP contribution in [0.15, 0.2) is 24.5 Å². The Bertz CT molecular complexity index is 1020. The second kappa shape index (κ2) is 11.8. The van der Waals surface area contributed by atoms with Crippen LogP contribution in [0.2, 0.25) is 0 Å². The standard InChI is InChI=1S/C23H28F2N4O5/c1-14-9-16(11-28-22(14)34-13-20(24)25)15(2)29-12-18-17(23(29)32)3-4-26-19(18)10-21(31)27-5-7-33-8-6-30/h3-4,9,11,15,20,30H,5-8,10,12-13H2,1-2H3,(H,27,31). The fraction of sp³-hybridized carbons (Fsp3) is 0.478. The van der Waals surface area contributed by atoms with E-state index in [0.717, 1.165) is 5.56 Å². The van der Waals surface area contributed by atoms with Gasteiger partial charge in [-0.15, -0.1) is 0 Å². The molecule has 2 N–H and O–H groups in total. The minimum absolute atomic E-state index is 0.0233. The molecule has 0 saturated carbocycles. The highest BCUT2D eigenvalue weighted by Crippen LogP contribution is 2.33. The molecule has 184 valence electrons. The molecule has 1 aliphatic heterocycles. The van der Waals surface area contributed by atoms with Crippen molar-refractivity contribution < 1.29 is 33.0 Å². The third kappa shape index (κ3) is 6.23. The van der Waals surface area contributed by atoms with Gasteiger partial charge in [-0.1, -0.05) is 0 Å². The predicted molar refractivity (Wildman–Crippen MR) is 118 cm³/mol. The van der Waals surface area contributed by atoms with Crippen LogP contribution in [0.25, 0.3) is 0 Å². The molecule has 0 bridgehead atoms. The van der Waals surface area contributed by atoms with Gasteiger partial charge in [0, 0.05) is 42.2 Å². The van der Waals surface area contributed by atoms with Crippen LogP contribution in [0.1, 0.15) is 45.7 Å². The van der Waals surface area contributed by atoms with E-state index in [1.165, 1.54) is 12.4 Å². The first-order valence-electron chi connectivity index (χ1n) is 10.9. The molecular formula is C23H28F2N4O5. The maximum Gasteiger partial charge on any atom is 0.272 e. The summed E-state index contributed by atoms with van der Waals surface area (Å²) in [6, 6.07) is 3.06. The summed E-state index contributed by atoms with van der Waals surface area (Å²) >= 11 is 0. The second-order valence-corrected chi connectivity index (χ2v) is 7.85. The number of nitrogens with zero attached hydrogens (tertiary/aromatic N) is 3. The molecule has 0 fully saturated rings. The molecule has 1 atom stereocenters. The van der Waals surface area contributed by atoms with E-state index in [1.807, 2.05) is 6.92 Å². The molecule has 9 nitrogen and oxygen atoms in total. The smallest absolute Gasteiger partial charge is 0.272 e. The van der Waals surface area contributed by atoms with Crippen LogP contribution in [0, 0.1) is 6.92 Å². The normalized spacial score (nSPS) is 13.8. The van der Waals surface area contributed by atoms with Crippen LogP contribution >= 0.6 is 0 Å². The Kier molecular flexibility index (Phi) is 8.83. The van der Waals surface area contributed by atoms with Gasteiger partial charge in [-0.25, -0.2) is 13.8 Å². The van der Waals surface area contributed by atoms with Gasteiger partial charge >= 0.3 is 0 Å². The minimum Gasteiger partial charge on any atom is -0.471 e. The third-order valence-corrected chi connectivity index (χ3v) is 5.44. The van der Waals surface area contributed by atoms with Crippen molar-refractivity contribution in [3.8, 4) is 5.88 Å². The zero-order valence-electron chi connectivity index (χ0n) is 19.1. The highest BCUT2D eigenvalue weighted by atomic mass is 19.3. The number of carbonyl (C=O) groups excluding carboxylic acids is 2. The molecule has 1 aliphatic rings. The lowest BCUT2D eigenvalue weighted by molar-refractivity contribution is -0.120. The van der Waals surface area contributed by atoms with E-state index in [0.29, 0.717) is 28.9 Å². The van der Waals surface area contributed by atoms with Crippen molar-refractivity contribution in [1.82, 2.24) is 20.2 Å². The monoisotopic (exact) mass is 478 g/mol. The Balaban J connectivity index is 1.67. The average molecular weight is 478 g/mol. The topological polar surface area (TPSA) is 114 Å². The molecule has 2 aromatic heterocycles. The SMILES string of the molecule is Cc1cc(C(C)N2Cc3c(ccnc3CC(=O)NCCOCCO)C2=O)cnc1OCC(F)F. The van der Waals surface area contributed by atoms with Gasteiger partial charge in [0.1, 0.15) is 0 Å². The van der Waals surface area contributed by atoms with Crippen LogP contribution in [0.5, 0.6) is 5.88 Å². The predicted octanol–water partition coefficient (Wildman–Crippen LogP) is 1.81. The molecule has 0 aromatic carbocycles. The number of aryl methyl sites for hydroxylation is 1. The van der Waals surface area contributed by atoms with Crippen molar-refractivity contribution in [3.05, 3.63) is 52.5 Å². The van der Waals surface area contributed by atoms with Gasteiger partial charge in [-0.3, -0.25) is 14.6 Å². The zero-order chi connectivity index (χ0) is 24.7. The van der Waals surface area contributed by atoms with E-state index in [1.54, 1.807) is 24.0 Å². The molecular weight excluding hydrogens is 450 g/mol. The number of aliphatic hydroxyl groups excluding tert-OH is 1. The number of nitrogens with one attached hydrogen (secondary N) is 1. The molecule has 3 heterocycles.